The van der Waals surface area contributed by atoms with E-state index < -0.39 is 11.8 Å². The van der Waals surface area contributed by atoms with Crippen LogP contribution in [0.1, 0.15) is 16.2 Å². The third kappa shape index (κ3) is 3.62. The van der Waals surface area contributed by atoms with Gasteiger partial charge in [-0.1, -0.05) is 0 Å². The van der Waals surface area contributed by atoms with E-state index in [1.807, 2.05) is 12.1 Å². The van der Waals surface area contributed by atoms with Crippen LogP contribution in [0, 0.1) is 5.82 Å². The van der Waals surface area contributed by atoms with Gasteiger partial charge in [0, 0.05) is 0 Å². The zero-order chi connectivity index (χ0) is 17.1. The molecule has 0 saturated carbocycles. The van der Waals surface area contributed by atoms with Crippen molar-refractivity contribution in [2.75, 3.05) is 7.11 Å². The van der Waals surface area contributed by atoms with E-state index in [0.717, 1.165) is 14.7 Å². The first-order valence-corrected chi connectivity index (χ1v) is 8.26. The summed E-state index contributed by atoms with van der Waals surface area (Å²) in [5.74, 6) is -0.801. The summed E-state index contributed by atoms with van der Waals surface area (Å²) in [4.78, 5) is 12.7. The minimum absolute atomic E-state index is 0.0511. The highest BCUT2D eigenvalue weighted by Gasteiger charge is 2.15. The van der Waals surface area contributed by atoms with Crippen molar-refractivity contribution in [1.82, 2.24) is 10.2 Å². The van der Waals surface area contributed by atoms with Gasteiger partial charge < -0.3 is 13.9 Å². The maximum atomic E-state index is 13.6. The normalized spacial score (nSPS) is 10.6. The Kier molecular flexibility index (Phi) is 4.91. The quantitative estimate of drug-likeness (QED) is 0.588. The van der Waals surface area contributed by atoms with Crippen LogP contribution in [0.15, 0.2) is 38.5 Å². The minimum Gasteiger partial charge on any atom is -0.494 e. The molecule has 0 atom stereocenters. The van der Waals surface area contributed by atoms with Crippen LogP contribution in [-0.2, 0) is 11.3 Å². The maximum Gasteiger partial charge on any atom is 0.338 e. The van der Waals surface area contributed by atoms with E-state index in [-0.39, 0.29) is 23.8 Å². The van der Waals surface area contributed by atoms with Crippen LogP contribution in [0.4, 0.5) is 4.39 Å². The highest BCUT2D eigenvalue weighted by molar-refractivity contribution is 9.11. The summed E-state index contributed by atoms with van der Waals surface area (Å²) < 4.78 is 29.8. The lowest BCUT2D eigenvalue weighted by Crippen LogP contribution is -2.06. The van der Waals surface area contributed by atoms with E-state index in [2.05, 4.69) is 26.1 Å². The fraction of sp³-hybridized carbons (Fsp3) is 0.133. The van der Waals surface area contributed by atoms with Gasteiger partial charge in [0.25, 0.3) is 11.8 Å². The van der Waals surface area contributed by atoms with Crippen molar-refractivity contribution in [2.45, 2.75) is 6.61 Å². The van der Waals surface area contributed by atoms with E-state index in [0.29, 0.717) is 5.89 Å². The number of hydrogen-bond donors (Lipinski definition) is 0. The maximum absolute atomic E-state index is 13.6. The molecule has 0 saturated heterocycles. The Morgan fingerprint density at radius 2 is 2.17 bits per heavy atom. The van der Waals surface area contributed by atoms with E-state index in [1.165, 1.54) is 30.6 Å². The summed E-state index contributed by atoms with van der Waals surface area (Å²) in [5.41, 5.74) is 0.0650. The van der Waals surface area contributed by atoms with Gasteiger partial charge in [-0.05, 0) is 46.3 Å². The Morgan fingerprint density at radius 1 is 1.33 bits per heavy atom. The van der Waals surface area contributed by atoms with Crippen molar-refractivity contribution in [3.63, 3.8) is 0 Å². The minimum atomic E-state index is -0.699. The molecule has 0 radical (unpaired) electrons. The van der Waals surface area contributed by atoms with Crippen LogP contribution in [0.25, 0.3) is 10.8 Å². The topological polar surface area (TPSA) is 74.5 Å². The molecular formula is C15H10BrFN2O4S. The third-order valence-electron chi connectivity index (χ3n) is 2.97. The summed E-state index contributed by atoms with van der Waals surface area (Å²) in [5, 5.41) is 7.71. The van der Waals surface area contributed by atoms with Gasteiger partial charge in [-0.3, -0.25) is 0 Å². The third-order valence-corrected chi connectivity index (χ3v) is 4.58. The van der Waals surface area contributed by atoms with Gasteiger partial charge in [-0.15, -0.1) is 21.5 Å². The average molecular weight is 413 g/mol. The molecular weight excluding hydrogens is 403 g/mol. The van der Waals surface area contributed by atoms with Gasteiger partial charge in [-0.2, -0.15) is 0 Å². The number of methoxy groups -OCH3 is 1. The molecule has 0 amide bonds. The van der Waals surface area contributed by atoms with Crippen molar-refractivity contribution in [2.24, 2.45) is 0 Å². The number of nitrogens with zero attached hydrogens (tertiary/aromatic N) is 2. The number of aromatic nitrogens is 2. The Labute approximate surface area is 148 Å². The van der Waals surface area contributed by atoms with Crippen molar-refractivity contribution in [1.29, 1.82) is 0 Å². The molecule has 0 fully saturated rings. The van der Waals surface area contributed by atoms with Crippen molar-refractivity contribution in [3.05, 3.63) is 51.4 Å². The predicted molar refractivity (Wildman–Crippen MR) is 87.4 cm³/mol. The molecule has 0 spiro atoms. The molecule has 24 heavy (non-hydrogen) atoms. The van der Waals surface area contributed by atoms with Gasteiger partial charge in [0.2, 0.25) is 0 Å². The van der Waals surface area contributed by atoms with Crippen molar-refractivity contribution < 1.29 is 23.1 Å². The molecule has 2 aromatic heterocycles. The second-order valence-corrected chi connectivity index (χ2v) is 6.99. The molecule has 0 unspecified atom stereocenters. The van der Waals surface area contributed by atoms with Crippen molar-refractivity contribution >= 4 is 33.2 Å². The number of carbonyl (C=O) groups excluding carboxylic acids is 1. The number of rotatable bonds is 5. The van der Waals surface area contributed by atoms with Gasteiger partial charge in [0.05, 0.1) is 21.3 Å². The van der Waals surface area contributed by atoms with E-state index in [4.69, 9.17) is 13.9 Å². The molecule has 0 bridgehead atoms. The summed E-state index contributed by atoms with van der Waals surface area (Å²) in [6.45, 7) is -0.202. The monoisotopic (exact) mass is 412 g/mol. The average Bonchev–Trinajstić information content (AvgIpc) is 3.21. The highest BCUT2D eigenvalue weighted by atomic mass is 79.9. The van der Waals surface area contributed by atoms with Crippen LogP contribution in [0.5, 0.6) is 5.75 Å². The Balaban J connectivity index is 1.64. The zero-order valence-corrected chi connectivity index (χ0v) is 14.7. The van der Waals surface area contributed by atoms with Gasteiger partial charge in [-0.25, -0.2) is 9.18 Å². The lowest BCUT2D eigenvalue weighted by Gasteiger charge is -2.05. The van der Waals surface area contributed by atoms with Crippen LogP contribution >= 0.6 is 27.3 Å². The summed E-state index contributed by atoms with van der Waals surface area (Å²) in [6, 6.07) is 7.50. The van der Waals surface area contributed by atoms with Crippen LogP contribution in [-0.4, -0.2) is 23.3 Å². The number of hydrogen-bond acceptors (Lipinski definition) is 7. The number of thiophene rings is 1. The number of ether oxygens (including phenoxy) is 2. The van der Waals surface area contributed by atoms with Crippen LogP contribution in [0.3, 0.4) is 0 Å². The standard InChI is InChI=1S/C15H10BrFN2O4S/c1-21-10-3-2-8(6-9(10)17)15(20)22-7-13-18-19-14(23-13)11-4-5-12(16)24-11/h2-6H,7H2,1H3. The zero-order valence-electron chi connectivity index (χ0n) is 12.3. The Morgan fingerprint density at radius 3 is 2.83 bits per heavy atom. The lowest BCUT2D eigenvalue weighted by atomic mass is 10.2. The second kappa shape index (κ2) is 7.10. The SMILES string of the molecule is COc1ccc(C(=O)OCc2nnc(-c3ccc(Br)s3)o2)cc1F. The molecule has 2 heterocycles. The predicted octanol–water partition coefficient (Wildman–Crippen LogP) is 4.07. The number of halogens is 2. The Bertz CT molecular complexity index is 880. The van der Waals surface area contributed by atoms with E-state index >= 15 is 0 Å². The molecule has 1 aromatic carbocycles. The molecule has 3 rings (SSSR count). The summed E-state index contributed by atoms with van der Waals surface area (Å²) >= 11 is 4.79. The molecule has 0 N–H and O–H groups in total. The summed E-state index contributed by atoms with van der Waals surface area (Å²) in [6.07, 6.45) is 0. The molecule has 3 aromatic rings. The van der Waals surface area contributed by atoms with Gasteiger partial charge in [0.15, 0.2) is 18.2 Å². The van der Waals surface area contributed by atoms with Crippen molar-refractivity contribution in [3.8, 4) is 16.5 Å². The first-order chi connectivity index (χ1) is 11.6. The highest BCUT2D eigenvalue weighted by Crippen LogP contribution is 2.30. The molecule has 0 aliphatic heterocycles. The Hall–Kier alpha value is -2.26. The van der Waals surface area contributed by atoms with Gasteiger partial charge in [0.1, 0.15) is 0 Å². The molecule has 6 nitrogen and oxygen atoms in total. The number of carbonyl (C=O) groups is 1. The first kappa shape index (κ1) is 16.6. The first-order valence-electron chi connectivity index (χ1n) is 6.65. The van der Waals surface area contributed by atoms with Crippen LogP contribution < -0.4 is 4.74 Å². The molecule has 124 valence electrons. The van der Waals surface area contributed by atoms with E-state index in [1.54, 1.807) is 0 Å². The molecule has 0 aliphatic carbocycles. The largest absolute Gasteiger partial charge is 0.494 e. The smallest absolute Gasteiger partial charge is 0.338 e. The van der Waals surface area contributed by atoms with Crippen LogP contribution in [0.2, 0.25) is 0 Å². The number of benzene rings is 1. The van der Waals surface area contributed by atoms with Gasteiger partial charge >= 0.3 is 5.97 Å². The van der Waals surface area contributed by atoms with E-state index in [9.17, 15) is 9.18 Å². The fourth-order valence-corrected chi connectivity index (χ4v) is 3.15. The second-order valence-electron chi connectivity index (χ2n) is 4.53. The number of esters is 1. The summed E-state index contributed by atoms with van der Waals surface area (Å²) in [7, 11) is 1.34. The molecule has 0 aliphatic rings. The fourth-order valence-electron chi connectivity index (χ4n) is 1.84. The lowest BCUT2D eigenvalue weighted by molar-refractivity contribution is 0.0438. The molecule has 9 heteroatoms.